The first kappa shape index (κ1) is 17.9. The van der Waals surface area contributed by atoms with Crippen molar-refractivity contribution in [2.24, 2.45) is 5.92 Å². The molecular formula is C21H29N3O. The molecule has 4 nitrogen and oxygen atoms in total. The van der Waals surface area contributed by atoms with Crippen molar-refractivity contribution in [3.63, 3.8) is 0 Å². The molecule has 4 heteroatoms. The van der Waals surface area contributed by atoms with Gasteiger partial charge in [0.2, 0.25) is 5.88 Å². The van der Waals surface area contributed by atoms with Crippen molar-refractivity contribution in [3.8, 4) is 5.88 Å². The van der Waals surface area contributed by atoms with Crippen LogP contribution >= 0.6 is 0 Å². The highest BCUT2D eigenvalue weighted by atomic mass is 16.5. The van der Waals surface area contributed by atoms with Gasteiger partial charge in [-0.05, 0) is 76.3 Å². The maximum absolute atomic E-state index is 5.28. The molecule has 1 aliphatic rings. The van der Waals surface area contributed by atoms with Crippen molar-refractivity contribution < 1.29 is 4.74 Å². The van der Waals surface area contributed by atoms with Crippen molar-refractivity contribution >= 4 is 0 Å². The van der Waals surface area contributed by atoms with E-state index in [4.69, 9.17) is 4.74 Å². The molecule has 0 bridgehead atoms. The van der Waals surface area contributed by atoms with Gasteiger partial charge in [0.25, 0.3) is 0 Å². The standard InChI is InChI=1S/C21H29N3O/c1-15-11-19(12-16(2)22-15)13-18-7-6-10-24(14-18)17(3)20-8-5-9-21(23-20)25-4/h5,8-9,11-12,17-18H,6-7,10,13-14H2,1-4H3/t17-,18-/m1/s1. The topological polar surface area (TPSA) is 38.2 Å². The molecule has 3 rings (SSSR count). The van der Waals surface area contributed by atoms with Crippen molar-refractivity contribution in [3.05, 3.63) is 53.0 Å². The Morgan fingerprint density at radius 1 is 1.20 bits per heavy atom. The van der Waals surface area contributed by atoms with Gasteiger partial charge in [-0.25, -0.2) is 4.98 Å². The van der Waals surface area contributed by atoms with E-state index in [0.717, 1.165) is 36.6 Å². The van der Waals surface area contributed by atoms with Crippen molar-refractivity contribution in [2.45, 2.75) is 46.1 Å². The van der Waals surface area contributed by atoms with Crippen LogP contribution in [-0.2, 0) is 6.42 Å². The third-order valence-electron chi connectivity index (χ3n) is 5.15. The second-order valence-electron chi connectivity index (χ2n) is 7.25. The third kappa shape index (κ3) is 4.57. The smallest absolute Gasteiger partial charge is 0.213 e. The molecule has 3 heterocycles. The lowest BCUT2D eigenvalue weighted by Crippen LogP contribution is -2.38. The molecule has 134 valence electrons. The first-order valence-electron chi connectivity index (χ1n) is 9.24. The summed E-state index contributed by atoms with van der Waals surface area (Å²) in [6, 6.07) is 10.8. The molecule has 0 spiro atoms. The Balaban J connectivity index is 1.67. The van der Waals surface area contributed by atoms with Crippen LogP contribution in [0.25, 0.3) is 0 Å². The number of likely N-dealkylation sites (tertiary alicyclic amines) is 1. The predicted octanol–water partition coefficient (Wildman–Crippen LogP) is 4.12. The number of methoxy groups -OCH3 is 1. The summed E-state index contributed by atoms with van der Waals surface area (Å²) in [6.07, 6.45) is 3.69. The third-order valence-corrected chi connectivity index (χ3v) is 5.15. The summed E-state index contributed by atoms with van der Waals surface area (Å²) in [5.41, 5.74) is 4.76. The maximum Gasteiger partial charge on any atom is 0.213 e. The number of nitrogens with zero attached hydrogens (tertiary/aromatic N) is 3. The minimum absolute atomic E-state index is 0.318. The molecule has 2 aromatic rings. The molecule has 25 heavy (non-hydrogen) atoms. The van der Waals surface area contributed by atoms with E-state index in [-0.39, 0.29) is 0 Å². The van der Waals surface area contributed by atoms with Gasteiger partial charge in [0.1, 0.15) is 0 Å². The van der Waals surface area contributed by atoms with Gasteiger partial charge in [0, 0.05) is 30.0 Å². The van der Waals surface area contributed by atoms with Crippen LogP contribution in [0.2, 0.25) is 0 Å². The molecule has 0 amide bonds. The van der Waals surface area contributed by atoms with E-state index in [2.05, 4.69) is 53.8 Å². The summed E-state index contributed by atoms with van der Waals surface area (Å²) >= 11 is 0. The lowest BCUT2D eigenvalue weighted by molar-refractivity contribution is 0.129. The number of hydrogen-bond donors (Lipinski definition) is 0. The first-order valence-corrected chi connectivity index (χ1v) is 9.24. The van der Waals surface area contributed by atoms with Crippen LogP contribution in [0.15, 0.2) is 30.3 Å². The van der Waals surface area contributed by atoms with E-state index in [1.165, 1.54) is 18.4 Å². The molecule has 0 unspecified atom stereocenters. The normalized spacial score (nSPS) is 19.6. The van der Waals surface area contributed by atoms with Crippen LogP contribution in [-0.4, -0.2) is 35.1 Å². The number of hydrogen-bond acceptors (Lipinski definition) is 4. The highest BCUT2D eigenvalue weighted by Crippen LogP contribution is 2.28. The summed E-state index contributed by atoms with van der Waals surface area (Å²) < 4.78 is 5.28. The number of rotatable bonds is 5. The molecule has 2 aromatic heterocycles. The fraction of sp³-hybridized carbons (Fsp3) is 0.524. The Hall–Kier alpha value is -1.94. The van der Waals surface area contributed by atoms with Crippen LogP contribution < -0.4 is 4.74 Å². The Kier molecular flexibility index (Phi) is 5.69. The highest BCUT2D eigenvalue weighted by Gasteiger charge is 2.25. The van der Waals surface area contributed by atoms with Crippen LogP contribution in [0.3, 0.4) is 0 Å². The zero-order chi connectivity index (χ0) is 17.8. The fourth-order valence-corrected chi connectivity index (χ4v) is 3.95. The SMILES string of the molecule is COc1cccc([C@@H](C)N2CCC[C@H](Cc3cc(C)nc(C)c3)C2)n1. The Morgan fingerprint density at radius 2 is 1.96 bits per heavy atom. The molecule has 0 radical (unpaired) electrons. The van der Waals surface area contributed by atoms with Gasteiger partial charge in [-0.3, -0.25) is 9.88 Å². The van der Waals surface area contributed by atoms with Crippen molar-refractivity contribution in [1.82, 2.24) is 14.9 Å². The minimum Gasteiger partial charge on any atom is -0.481 e. The van der Waals surface area contributed by atoms with Gasteiger partial charge in [-0.15, -0.1) is 0 Å². The first-order chi connectivity index (χ1) is 12.0. The molecule has 1 fully saturated rings. The van der Waals surface area contributed by atoms with E-state index in [9.17, 15) is 0 Å². The molecule has 1 saturated heterocycles. The van der Waals surface area contributed by atoms with Gasteiger partial charge >= 0.3 is 0 Å². The average molecular weight is 339 g/mol. The number of ether oxygens (including phenoxy) is 1. The molecule has 0 N–H and O–H groups in total. The van der Waals surface area contributed by atoms with Crippen molar-refractivity contribution in [1.29, 1.82) is 0 Å². The van der Waals surface area contributed by atoms with Crippen LogP contribution in [0.4, 0.5) is 0 Å². The Labute approximate surface area is 151 Å². The molecule has 2 atom stereocenters. The molecule has 0 aromatic carbocycles. The monoisotopic (exact) mass is 339 g/mol. The second kappa shape index (κ2) is 7.96. The summed E-state index contributed by atoms with van der Waals surface area (Å²) in [5, 5.41) is 0. The Bertz CT molecular complexity index is 696. The number of aromatic nitrogens is 2. The van der Waals surface area contributed by atoms with Crippen LogP contribution in [0, 0.1) is 19.8 Å². The highest BCUT2D eigenvalue weighted by molar-refractivity contribution is 5.21. The van der Waals surface area contributed by atoms with Gasteiger partial charge in [-0.1, -0.05) is 6.07 Å². The largest absolute Gasteiger partial charge is 0.481 e. The molecule has 1 aliphatic heterocycles. The van der Waals surface area contributed by atoms with Gasteiger partial charge in [0.15, 0.2) is 0 Å². The van der Waals surface area contributed by atoms with Gasteiger partial charge in [-0.2, -0.15) is 0 Å². The number of aryl methyl sites for hydroxylation is 2. The van der Waals surface area contributed by atoms with Gasteiger partial charge in [0.05, 0.1) is 12.8 Å². The fourth-order valence-electron chi connectivity index (χ4n) is 3.95. The summed E-state index contributed by atoms with van der Waals surface area (Å²) in [6.45, 7) is 8.69. The van der Waals surface area contributed by atoms with E-state index >= 15 is 0 Å². The van der Waals surface area contributed by atoms with Crippen LogP contribution in [0.5, 0.6) is 5.88 Å². The lowest BCUT2D eigenvalue weighted by atomic mass is 9.90. The van der Waals surface area contributed by atoms with Gasteiger partial charge < -0.3 is 4.74 Å². The molecular weight excluding hydrogens is 310 g/mol. The predicted molar refractivity (Wildman–Crippen MR) is 101 cm³/mol. The number of piperidine rings is 1. The lowest BCUT2D eigenvalue weighted by Gasteiger charge is -2.36. The quantitative estimate of drug-likeness (QED) is 0.821. The zero-order valence-electron chi connectivity index (χ0n) is 15.8. The van der Waals surface area contributed by atoms with E-state index < -0.39 is 0 Å². The number of pyridine rings is 2. The average Bonchev–Trinajstić information content (AvgIpc) is 2.60. The Morgan fingerprint density at radius 3 is 2.68 bits per heavy atom. The summed E-state index contributed by atoms with van der Waals surface area (Å²) in [5.74, 6) is 1.39. The molecule has 0 aliphatic carbocycles. The van der Waals surface area contributed by atoms with E-state index in [0.29, 0.717) is 17.8 Å². The second-order valence-corrected chi connectivity index (χ2v) is 7.25. The minimum atomic E-state index is 0.318. The van der Waals surface area contributed by atoms with E-state index in [1.807, 2.05) is 12.1 Å². The summed E-state index contributed by atoms with van der Waals surface area (Å²) in [7, 11) is 1.67. The van der Waals surface area contributed by atoms with E-state index in [1.54, 1.807) is 7.11 Å². The maximum atomic E-state index is 5.28. The summed E-state index contributed by atoms with van der Waals surface area (Å²) in [4.78, 5) is 11.7. The zero-order valence-corrected chi connectivity index (χ0v) is 15.8. The van der Waals surface area contributed by atoms with Crippen LogP contribution in [0.1, 0.15) is 48.5 Å². The molecule has 0 saturated carbocycles. The van der Waals surface area contributed by atoms with Crippen molar-refractivity contribution in [2.75, 3.05) is 20.2 Å².